The van der Waals surface area contributed by atoms with Gasteiger partial charge in [-0.1, -0.05) is 42.1 Å². The SMILES string of the molecule is COc1ccc(-c2nnc(SCC(=O)N(C(C)C)C(C)C)n2CCc2ccccc2)cc1. The maximum Gasteiger partial charge on any atom is 0.233 e. The Morgan fingerprint density at radius 2 is 1.66 bits per heavy atom. The van der Waals surface area contributed by atoms with Gasteiger partial charge in [-0.25, -0.2) is 0 Å². The van der Waals surface area contributed by atoms with E-state index in [-0.39, 0.29) is 18.0 Å². The van der Waals surface area contributed by atoms with E-state index in [4.69, 9.17) is 4.74 Å². The molecule has 0 aliphatic heterocycles. The molecule has 0 fully saturated rings. The number of rotatable bonds is 10. The van der Waals surface area contributed by atoms with Gasteiger partial charge in [0.15, 0.2) is 11.0 Å². The number of hydrogen-bond donors (Lipinski definition) is 0. The number of hydrogen-bond acceptors (Lipinski definition) is 5. The molecule has 6 nitrogen and oxygen atoms in total. The molecular weight excluding hydrogens is 420 g/mol. The minimum atomic E-state index is 0.114. The van der Waals surface area contributed by atoms with Crippen LogP contribution in [0.25, 0.3) is 11.4 Å². The van der Waals surface area contributed by atoms with Crippen molar-refractivity contribution in [3.05, 3.63) is 60.2 Å². The summed E-state index contributed by atoms with van der Waals surface area (Å²) in [5, 5.41) is 9.67. The van der Waals surface area contributed by atoms with Crippen LogP contribution in [0.2, 0.25) is 0 Å². The van der Waals surface area contributed by atoms with E-state index in [1.54, 1.807) is 7.11 Å². The number of aromatic nitrogens is 3. The van der Waals surface area contributed by atoms with Crippen molar-refractivity contribution in [3.8, 4) is 17.1 Å². The van der Waals surface area contributed by atoms with Crippen LogP contribution in [0.5, 0.6) is 5.75 Å². The molecule has 0 atom stereocenters. The van der Waals surface area contributed by atoms with Crippen molar-refractivity contribution in [2.75, 3.05) is 12.9 Å². The van der Waals surface area contributed by atoms with Gasteiger partial charge < -0.3 is 14.2 Å². The fraction of sp³-hybridized carbons (Fsp3) is 0.400. The Bertz CT molecular complexity index is 993. The van der Waals surface area contributed by atoms with E-state index in [0.717, 1.165) is 35.3 Å². The molecule has 0 N–H and O–H groups in total. The smallest absolute Gasteiger partial charge is 0.233 e. The van der Waals surface area contributed by atoms with E-state index >= 15 is 0 Å². The van der Waals surface area contributed by atoms with Gasteiger partial charge in [-0.2, -0.15) is 0 Å². The van der Waals surface area contributed by atoms with Gasteiger partial charge in [0.1, 0.15) is 5.75 Å². The summed E-state index contributed by atoms with van der Waals surface area (Å²) >= 11 is 1.45. The van der Waals surface area contributed by atoms with Gasteiger partial charge in [0.25, 0.3) is 0 Å². The molecule has 32 heavy (non-hydrogen) atoms. The van der Waals surface area contributed by atoms with E-state index in [0.29, 0.717) is 5.75 Å². The van der Waals surface area contributed by atoms with E-state index in [1.807, 2.05) is 75.1 Å². The third kappa shape index (κ3) is 5.91. The van der Waals surface area contributed by atoms with Crippen LogP contribution < -0.4 is 4.74 Å². The lowest BCUT2D eigenvalue weighted by molar-refractivity contribution is -0.131. The highest BCUT2D eigenvalue weighted by atomic mass is 32.2. The molecule has 0 unspecified atom stereocenters. The summed E-state index contributed by atoms with van der Waals surface area (Å²) in [6, 6.07) is 18.5. The second-order valence-electron chi connectivity index (χ2n) is 8.20. The third-order valence-electron chi connectivity index (χ3n) is 5.26. The van der Waals surface area contributed by atoms with E-state index < -0.39 is 0 Å². The lowest BCUT2D eigenvalue weighted by atomic mass is 10.1. The van der Waals surface area contributed by atoms with Crippen molar-refractivity contribution >= 4 is 17.7 Å². The number of benzene rings is 2. The maximum absolute atomic E-state index is 12.9. The summed E-state index contributed by atoms with van der Waals surface area (Å²) in [5.41, 5.74) is 2.22. The summed E-state index contributed by atoms with van der Waals surface area (Å²) in [7, 11) is 1.65. The Morgan fingerprint density at radius 3 is 2.25 bits per heavy atom. The van der Waals surface area contributed by atoms with Gasteiger partial charge in [0, 0.05) is 24.2 Å². The molecule has 0 bridgehead atoms. The fourth-order valence-corrected chi connectivity index (χ4v) is 4.64. The van der Waals surface area contributed by atoms with Crippen molar-refractivity contribution < 1.29 is 9.53 Å². The Morgan fingerprint density at radius 1 is 1.00 bits per heavy atom. The van der Waals surface area contributed by atoms with Gasteiger partial charge in [-0.05, 0) is 63.9 Å². The lowest BCUT2D eigenvalue weighted by Gasteiger charge is -2.30. The second kappa shape index (κ2) is 11.2. The number of nitrogens with zero attached hydrogens (tertiary/aromatic N) is 4. The number of amides is 1. The molecule has 0 aliphatic carbocycles. The zero-order valence-corrected chi connectivity index (χ0v) is 20.3. The van der Waals surface area contributed by atoms with E-state index in [2.05, 4.69) is 26.9 Å². The van der Waals surface area contributed by atoms with Crippen LogP contribution in [0.15, 0.2) is 59.8 Å². The highest BCUT2D eigenvalue weighted by Gasteiger charge is 2.22. The van der Waals surface area contributed by atoms with Gasteiger partial charge in [-0.15, -0.1) is 10.2 Å². The topological polar surface area (TPSA) is 60.3 Å². The number of carbonyl (C=O) groups is 1. The molecule has 1 heterocycles. The van der Waals surface area contributed by atoms with E-state index in [9.17, 15) is 4.79 Å². The number of aryl methyl sites for hydroxylation is 1. The van der Waals surface area contributed by atoms with Crippen molar-refractivity contribution in [1.82, 2.24) is 19.7 Å². The normalized spacial score (nSPS) is 11.2. The second-order valence-corrected chi connectivity index (χ2v) is 9.14. The quantitative estimate of drug-likeness (QED) is 0.408. The molecule has 1 aromatic heterocycles. The van der Waals surface area contributed by atoms with Crippen molar-refractivity contribution in [3.63, 3.8) is 0 Å². The van der Waals surface area contributed by atoms with E-state index in [1.165, 1.54) is 17.3 Å². The average molecular weight is 453 g/mol. The van der Waals surface area contributed by atoms with Crippen LogP contribution in [-0.2, 0) is 17.8 Å². The van der Waals surface area contributed by atoms with Gasteiger partial charge in [0.2, 0.25) is 5.91 Å². The summed E-state index contributed by atoms with van der Waals surface area (Å²) in [6.07, 6.45) is 0.855. The predicted molar refractivity (Wildman–Crippen MR) is 130 cm³/mol. The first kappa shape index (κ1) is 23.9. The zero-order valence-electron chi connectivity index (χ0n) is 19.5. The van der Waals surface area contributed by atoms with Crippen molar-refractivity contribution in [2.24, 2.45) is 0 Å². The number of thioether (sulfide) groups is 1. The van der Waals surface area contributed by atoms with Crippen LogP contribution in [0.4, 0.5) is 0 Å². The molecule has 3 aromatic rings. The van der Waals surface area contributed by atoms with Crippen molar-refractivity contribution in [2.45, 2.75) is 57.9 Å². The molecule has 0 saturated carbocycles. The highest BCUT2D eigenvalue weighted by Crippen LogP contribution is 2.26. The summed E-state index contributed by atoms with van der Waals surface area (Å²) in [5.74, 6) is 2.04. The highest BCUT2D eigenvalue weighted by molar-refractivity contribution is 7.99. The van der Waals surface area contributed by atoms with Crippen LogP contribution >= 0.6 is 11.8 Å². The molecular formula is C25H32N4O2S. The summed E-state index contributed by atoms with van der Waals surface area (Å²) < 4.78 is 7.40. The van der Waals surface area contributed by atoms with Gasteiger partial charge in [-0.3, -0.25) is 4.79 Å². The van der Waals surface area contributed by atoms with Crippen LogP contribution in [0.1, 0.15) is 33.3 Å². The Hall–Kier alpha value is -2.80. The van der Waals surface area contributed by atoms with Crippen LogP contribution in [-0.4, -0.2) is 50.5 Å². The van der Waals surface area contributed by atoms with Crippen LogP contribution in [0, 0.1) is 0 Å². The average Bonchev–Trinajstić information content (AvgIpc) is 3.19. The predicted octanol–water partition coefficient (Wildman–Crippen LogP) is 4.93. The number of ether oxygens (including phenoxy) is 1. The minimum Gasteiger partial charge on any atom is -0.497 e. The monoisotopic (exact) mass is 452 g/mol. The molecule has 7 heteroatoms. The molecule has 0 saturated heterocycles. The molecule has 3 rings (SSSR count). The first-order valence-corrected chi connectivity index (χ1v) is 11.9. The summed E-state index contributed by atoms with van der Waals surface area (Å²) in [4.78, 5) is 14.8. The van der Waals surface area contributed by atoms with Gasteiger partial charge in [0.05, 0.1) is 12.9 Å². The van der Waals surface area contributed by atoms with Crippen molar-refractivity contribution in [1.29, 1.82) is 0 Å². The number of methoxy groups -OCH3 is 1. The largest absolute Gasteiger partial charge is 0.497 e. The third-order valence-corrected chi connectivity index (χ3v) is 6.21. The maximum atomic E-state index is 12.9. The summed E-state index contributed by atoms with van der Waals surface area (Å²) in [6.45, 7) is 8.92. The molecule has 170 valence electrons. The standard InChI is InChI=1S/C25H32N4O2S/c1-18(2)29(19(3)4)23(30)17-32-25-27-26-24(21-11-13-22(31-5)14-12-21)28(25)16-15-20-9-7-6-8-10-20/h6-14,18-19H,15-17H2,1-5H3. The lowest BCUT2D eigenvalue weighted by Crippen LogP contribution is -2.43. The minimum absolute atomic E-state index is 0.114. The van der Waals surface area contributed by atoms with Gasteiger partial charge >= 0.3 is 0 Å². The zero-order chi connectivity index (χ0) is 23.1. The Balaban J connectivity index is 1.84. The fourth-order valence-electron chi connectivity index (χ4n) is 3.81. The molecule has 1 amide bonds. The molecule has 0 aliphatic rings. The first-order valence-electron chi connectivity index (χ1n) is 11.0. The molecule has 2 aromatic carbocycles. The first-order chi connectivity index (χ1) is 15.4. The molecule has 0 spiro atoms. The number of carbonyl (C=O) groups excluding carboxylic acids is 1. The Kier molecular flexibility index (Phi) is 8.33. The molecule has 0 radical (unpaired) electrons. The Labute approximate surface area is 195 Å². The van der Waals surface area contributed by atoms with Crippen LogP contribution in [0.3, 0.4) is 0 Å².